The highest BCUT2D eigenvalue weighted by Gasteiger charge is 2.22. The number of hydrogen-bond acceptors (Lipinski definition) is 5. The smallest absolute Gasteiger partial charge is 0.296 e. The van der Waals surface area contributed by atoms with E-state index in [4.69, 9.17) is 23.2 Å². The van der Waals surface area contributed by atoms with Crippen molar-refractivity contribution < 1.29 is 14.7 Å². The van der Waals surface area contributed by atoms with Gasteiger partial charge in [0.1, 0.15) is 5.75 Å². The molecule has 0 bridgehead atoms. The van der Waals surface area contributed by atoms with Gasteiger partial charge in [-0.3, -0.25) is 14.6 Å². The number of benzene rings is 1. The fraction of sp³-hybridized carbons (Fsp3) is 0.0625. The lowest BCUT2D eigenvalue weighted by molar-refractivity contribution is -0.131. The molecular formula is C16H13Cl2N3O3. The van der Waals surface area contributed by atoms with Crippen molar-refractivity contribution in [1.82, 2.24) is 4.98 Å². The van der Waals surface area contributed by atoms with E-state index in [1.54, 1.807) is 13.1 Å². The quantitative estimate of drug-likeness (QED) is 0.429. The maximum Gasteiger partial charge on any atom is 0.296 e. The highest BCUT2D eigenvalue weighted by Crippen LogP contribution is 2.30. The predicted molar refractivity (Wildman–Crippen MR) is 94.6 cm³/mol. The number of nitrogens with one attached hydrogen (secondary N) is 2. The lowest BCUT2D eigenvalue weighted by Gasteiger charge is -2.12. The molecule has 1 amide bonds. The summed E-state index contributed by atoms with van der Waals surface area (Å²) >= 11 is 11.8. The van der Waals surface area contributed by atoms with E-state index in [9.17, 15) is 14.7 Å². The Kier molecular flexibility index (Phi) is 5.43. The van der Waals surface area contributed by atoms with Crippen LogP contribution in [-0.4, -0.2) is 28.8 Å². The molecule has 0 saturated heterocycles. The third kappa shape index (κ3) is 3.67. The molecule has 0 radical (unpaired) electrons. The second kappa shape index (κ2) is 7.33. The van der Waals surface area contributed by atoms with Crippen LogP contribution in [0, 0.1) is 0 Å². The molecular weight excluding hydrogens is 353 g/mol. The number of Topliss-reactive ketones (excluding diaryl/α,β-unsaturated/α-hetero) is 1. The van der Waals surface area contributed by atoms with Crippen LogP contribution in [0.2, 0.25) is 10.0 Å². The summed E-state index contributed by atoms with van der Waals surface area (Å²) in [6.07, 6.45) is 2.58. The van der Waals surface area contributed by atoms with Gasteiger partial charge in [-0.15, -0.1) is 0 Å². The van der Waals surface area contributed by atoms with Crippen molar-refractivity contribution in [2.45, 2.75) is 0 Å². The molecule has 0 fully saturated rings. The number of phenolic OH excluding ortho intramolecular Hbond substituents is 1. The van der Waals surface area contributed by atoms with E-state index in [-0.39, 0.29) is 27.1 Å². The monoisotopic (exact) mass is 365 g/mol. The second-order valence-corrected chi connectivity index (χ2v) is 5.53. The van der Waals surface area contributed by atoms with Crippen molar-refractivity contribution >= 4 is 51.8 Å². The summed E-state index contributed by atoms with van der Waals surface area (Å²) in [6, 6.07) is 4.35. The van der Waals surface area contributed by atoms with Gasteiger partial charge in [0.05, 0.1) is 15.7 Å². The number of phenols is 1. The van der Waals surface area contributed by atoms with Crippen LogP contribution >= 0.6 is 23.2 Å². The van der Waals surface area contributed by atoms with E-state index in [1.807, 2.05) is 0 Å². The molecule has 0 aliphatic heterocycles. The molecule has 0 aliphatic carbocycles. The number of aromatic hydroxyl groups is 1. The van der Waals surface area contributed by atoms with Crippen LogP contribution in [0.25, 0.3) is 5.57 Å². The Morgan fingerprint density at radius 3 is 2.42 bits per heavy atom. The Bertz CT molecular complexity index is 817. The first kappa shape index (κ1) is 17.8. The average Bonchev–Trinajstić information content (AvgIpc) is 2.56. The number of aromatic nitrogens is 1. The van der Waals surface area contributed by atoms with E-state index in [0.29, 0.717) is 11.3 Å². The zero-order valence-electron chi connectivity index (χ0n) is 12.6. The van der Waals surface area contributed by atoms with E-state index < -0.39 is 11.7 Å². The fourth-order valence-electron chi connectivity index (χ4n) is 1.96. The van der Waals surface area contributed by atoms with Gasteiger partial charge in [0, 0.05) is 36.3 Å². The summed E-state index contributed by atoms with van der Waals surface area (Å²) < 4.78 is 0. The molecule has 0 atom stereocenters. The van der Waals surface area contributed by atoms with Gasteiger partial charge in [0.15, 0.2) is 0 Å². The summed E-state index contributed by atoms with van der Waals surface area (Å²) in [5, 5.41) is 15.0. The standard InChI is InChI=1S/C16H13Cl2N3O3/c1-8(10-5-9(22)3-4-13(10)19-2)15(23)16(24)21-14-11(17)6-20-7-12(14)18/h3-7,19,22H,1H2,2H3,(H,20,21,24). The largest absolute Gasteiger partial charge is 0.508 e. The van der Waals surface area contributed by atoms with Gasteiger partial charge in [-0.05, 0) is 18.2 Å². The number of anilines is 2. The molecule has 0 spiro atoms. The molecule has 124 valence electrons. The topological polar surface area (TPSA) is 91.3 Å². The normalized spacial score (nSPS) is 10.1. The number of rotatable bonds is 5. The Labute approximate surface area is 148 Å². The SMILES string of the molecule is C=C(C(=O)C(=O)Nc1c(Cl)cncc1Cl)c1cc(O)ccc1NC. The third-order valence-electron chi connectivity index (χ3n) is 3.17. The summed E-state index contributed by atoms with van der Waals surface area (Å²) in [5.74, 6) is -1.90. The average molecular weight is 366 g/mol. The van der Waals surface area contributed by atoms with E-state index in [2.05, 4.69) is 22.2 Å². The molecule has 1 aromatic heterocycles. The fourth-order valence-corrected chi connectivity index (χ4v) is 2.42. The van der Waals surface area contributed by atoms with Crippen molar-refractivity contribution in [3.05, 3.63) is 52.8 Å². The number of carbonyl (C=O) groups excluding carboxylic acids is 2. The predicted octanol–water partition coefficient (Wildman–Crippen LogP) is 3.36. The van der Waals surface area contributed by atoms with E-state index >= 15 is 0 Å². The van der Waals surface area contributed by atoms with Crippen molar-refractivity contribution in [1.29, 1.82) is 0 Å². The Hall–Kier alpha value is -2.57. The minimum Gasteiger partial charge on any atom is -0.508 e. The van der Waals surface area contributed by atoms with Gasteiger partial charge in [0.2, 0.25) is 0 Å². The van der Waals surface area contributed by atoms with Gasteiger partial charge < -0.3 is 15.7 Å². The molecule has 1 aromatic carbocycles. The summed E-state index contributed by atoms with van der Waals surface area (Å²) in [6.45, 7) is 3.64. The molecule has 2 aromatic rings. The van der Waals surface area contributed by atoms with Crippen molar-refractivity contribution in [2.24, 2.45) is 0 Å². The molecule has 1 heterocycles. The van der Waals surface area contributed by atoms with Crippen LogP contribution in [0.15, 0.2) is 37.2 Å². The molecule has 24 heavy (non-hydrogen) atoms. The zero-order chi connectivity index (χ0) is 17.9. The molecule has 2 rings (SSSR count). The first-order valence-corrected chi connectivity index (χ1v) is 7.45. The number of carbonyl (C=O) groups is 2. The van der Waals surface area contributed by atoms with Gasteiger partial charge in [-0.2, -0.15) is 0 Å². The van der Waals surface area contributed by atoms with Crippen LogP contribution in [0.5, 0.6) is 5.75 Å². The van der Waals surface area contributed by atoms with Crippen molar-refractivity contribution in [3.8, 4) is 5.75 Å². The van der Waals surface area contributed by atoms with E-state index in [0.717, 1.165) is 0 Å². The molecule has 0 saturated carbocycles. The summed E-state index contributed by atoms with van der Waals surface area (Å²) in [7, 11) is 1.64. The molecule has 0 aliphatic rings. The number of halogens is 2. The van der Waals surface area contributed by atoms with Gasteiger partial charge in [-0.25, -0.2) is 0 Å². The number of hydrogen-bond donors (Lipinski definition) is 3. The van der Waals surface area contributed by atoms with Crippen molar-refractivity contribution in [2.75, 3.05) is 17.7 Å². The summed E-state index contributed by atoms with van der Waals surface area (Å²) in [4.78, 5) is 28.3. The number of pyridine rings is 1. The molecule has 6 nitrogen and oxygen atoms in total. The lowest BCUT2D eigenvalue weighted by Crippen LogP contribution is -2.24. The molecule has 3 N–H and O–H groups in total. The highest BCUT2D eigenvalue weighted by molar-refractivity contribution is 6.57. The van der Waals surface area contributed by atoms with E-state index in [1.165, 1.54) is 24.5 Å². The minimum absolute atomic E-state index is 0.0569. The Balaban J connectivity index is 2.27. The zero-order valence-corrected chi connectivity index (χ0v) is 14.1. The first-order valence-electron chi connectivity index (χ1n) is 6.70. The Morgan fingerprint density at radius 1 is 1.21 bits per heavy atom. The van der Waals surface area contributed by atoms with Crippen LogP contribution in [0.4, 0.5) is 11.4 Å². The number of amides is 1. The van der Waals surface area contributed by atoms with Crippen molar-refractivity contribution in [3.63, 3.8) is 0 Å². The van der Waals surface area contributed by atoms with Crippen LogP contribution < -0.4 is 10.6 Å². The van der Waals surface area contributed by atoms with Gasteiger partial charge in [0.25, 0.3) is 11.7 Å². The van der Waals surface area contributed by atoms with Crippen LogP contribution in [-0.2, 0) is 9.59 Å². The maximum atomic E-state index is 12.3. The number of nitrogens with zero attached hydrogens (tertiary/aromatic N) is 1. The van der Waals surface area contributed by atoms with Crippen LogP contribution in [0.1, 0.15) is 5.56 Å². The first-order chi connectivity index (χ1) is 11.3. The maximum absolute atomic E-state index is 12.3. The highest BCUT2D eigenvalue weighted by atomic mass is 35.5. The molecule has 0 unspecified atom stereocenters. The van der Waals surface area contributed by atoms with Gasteiger partial charge in [-0.1, -0.05) is 29.8 Å². The molecule has 8 heteroatoms. The minimum atomic E-state index is -0.958. The lowest BCUT2D eigenvalue weighted by atomic mass is 10.0. The second-order valence-electron chi connectivity index (χ2n) is 4.72. The van der Waals surface area contributed by atoms with Crippen LogP contribution in [0.3, 0.4) is 0 Å². The van der Waals surface area contributed by atoms with Gasteiger partial charge >= 0.3 is 0 Å². The number of ketones is 1. The third-order valence-corrected chi connectivity index (χ3v) is 3.74. The summed E-state index contributed by atoms with van der Waals surface area (Å²) in [5.41, 5.74) is 0.849. The Morgan fingerprint density at radius 2 is 1.83 bits per heavy atom.